The van der Waals surface area contributed by atoms with Crippen LogP contribution in [0.25, 0.3) is 0 Å². The first-order valence-electron chi connectivity index (χ1n) is 4.71. The lowest BCUT2D eigenvalue weighted by Crippen LogP contribution is -2.04. The van der Waals surface area contributed by atoms with Crippen LogP contribution in [-0.2, 0) is 15.3 Å². The van der Waals surface area contributed by atoms with Crippen LogP contribution in [0, 0.1) is 5.82 Å². The van der Waals surface area contributed by atoms with Crippen molar-refractivity contribution in [2.24, 2.45) is 0 Å². The molecule has 0 heterocycles. The number of carbonyl (C=O) groups is 2. The summed E-state index contributed by atoms with van der Waals surface area (Å²) in [5.74, 6) is -1.81. The van der Waals surface area contributed by atoms with Gasteiger partial charge in [-0.2, -0.15) is 0 Å². The molecule has 6 heteroatoms. The highest BCUT2D eigenvalue weighted by Gasteiger charge is 2.10. The minimum atomic E-state index is -1.30. The number of hydrogen-bond donors (Lipinski definition) is 1. The molecule has 1 aromatic rings. The average molecular weight is 258 g/mol. The highest BCUT2D eigenvalue weighted by atomic mass is 32.2. The Balaban J connectivity index is 2.59. The molecule has 92 valence electrons. The molecular weight excluding hydrogens is 247 g/mol. The van der Waals surface area contributed by atoms with Crippen molar-refractivity contribution >= 4 is 23.7 Å². The Hall–Kier alpha value is -1.56. The van der Waals surface area contributed by atoms with Gasteiger partial charge in [-0.05, 0) is 17.7 Å². The van der Waals surface area contributed by atoms with Gasteiger partial charge in [0.05, 0.1) is 18.4 Å². The van der Waals surface area contributed by atoms with Crippen LogP contribution in [0.15, 0.2) is 18.2 Å². The van der Waals surface area contributed by atoms with Crippen LogP contribution in [0.4, 0.5) is 4.39 Å². The first kappa shape index (κ1) is 13.5. The number of rotatable bonds is 5. The van der Waals surface area contributed by atoms with E-state index >= 15 is 0 Å². The van der Waals surface area contributed by atoms with Gasteiger partial charge in [0.1, 0.15) is 5.82 Å². The number of thioether (sulfide) groups is 1. The molecule has 1 aromatic carbocycles. The Morgan fingerprint density at radius 2 is 2.18 bits per heavy atom. The maximum atomic E-state index is 13.3. The molecule has 0 amide bonds. The normalized spacial score (nSPS) is 10.0. The quantitative estimate of drug-likeness (QED) is 0.817. The third kappa shape index (κ3) is 4.07. The third-order valence-electron chi connectivity index (χ3n) is 1.98. The fourth-order valence-electron chi connectivity index (χ4n) is 1.13. The summed E-state index contributed by atoms with van der Waals surface area (Å²) in [4.78, 5) is 21.4. The van der Waals surface area contributed by atoms with Crippen LogP contribution < -0.4 is 0 Å². The van der Waals surface area contributed by atoms with Gasteiger partial charge in [-0.25, -0.2) is 9.18 Å². The molecule has 0 unspecified atom stereocenters. The Bertz CT molecular complexity index is 433. The summed E-state index contributed by atoms with van der Waals surface area (Å²) < 4.78 is 17.7. The number of aromatic carboxylic acids is 1. The molecule has 17 heavy (non-hydrogen) atoms. The summed E-state index contributed by atoms with van der Waals surface area (Å²) in [5, 5.41) is 8.63. The fraction of sp³-hybridized carbons (Fsp3) is 0.273. The van der Waals surface area contributed by atoms with Crippen molar-refractivity contribution in [2.45, 2.75) is 5.75 Å². The third-order valence-corrected chi connectivity index (χ3v) is 2.96. The van der Waals surface area contributed by atoms with Crippen molar-refractivity contribution in [3.8, 4) is 0 Å². The first-order valence-corrected chi connectivity index (χ1v) is 5.86. The van der Waals surface area contributed by atoms with E-state index in [4.69, 9.17) is 5.11 Å². The van der Waals surface area contributed by atoms with E-state index < -0.39 is 11.8 Å². The molecule has 0 radical (unpaired) electrons. The van der Waals surface area contributed by atoms with Crippen molar-refractivity contribution in [3.05, 3.63) is 35.1 Å². The zero-order valence-electron chi connectivity index (χ0n) is 9.10. The van der Waals surface area contributed by atoms with Gasteiger partial charge in [0.15, 0.2) is 0 Å². The first-order chi connectivity index (χ1) is 8.04. The molecule has 0 saturated heterocycles. The fourth-order valence-corrected chi connectivity index (χ4v) is 1.93. The second kappa shape index (κ2) is 6.24. The van der Waals surface area contributed by atoms with Gasteiger partial charge in [0, 0.05) is 5.75 Å². The van der Waals surface area contributed by atoms with E-state index in [1.54, 1.807) is 0 Å². The summed E-state index contributed by atoms with van der Waals surface area (Å²) in [6, 6.07) is 3.90. The predicted octanol–water partition coefficient (Wildman–Crippen LogP) is 1.93. The number of carboxylic acid groups (broad SMARTS) is 1. The number of hydrogen-bond acceptors (Lipinski definition) is 4. The number of ether oxygens (including phenoxy) is 1. The summed E-state index contributed by atoms with van der Waals surface area (Å²) in [7, 11) is 1.30. The summed E-state index contributed by atoms with van der Waals surface area (Å²) >= 11 is 1.27. The Labute approximate surface area is 102 Å². The van der Waals surface area contributed by atoms with Crippen LogP contribution in [0.1, 0.15) is 15.9 Å². The average Bonchev–Trinajstić information content (AvgIpc) is 2.28. The lowest BCUT2D eigenvalue weighted by atomic mass is 10.1. The highest BCUT2D eigenvalue weighted by Crippen LogP contribution is 2.16. The second-order valence-corrected chi connectivity index (χ2v) is 4.17. The van der Waals surface area contributed by atoms with Crippen LogP contribution >= 0.6 is 11.8 Å². The van der Waals surface area contributed by atoms with E-state index in [-0.39, 0.29) is 17.3 Å². The van der Waals surface area contributed by atoms with Gasteiger partial charge in [-0.15, -0.1) is 11.8 Å². The van der Waals surface area contributed by atoms with Crippen molar-refractivity contribution in [2.75, 3.05) is 12.9 Å². The zero-order valence-corrected chi connectivity index (χ0v) is 9.92. The van der Waals surface area contributed by atoms with Crippen LogP contribution in [-0.4, -0.2) is 29.9 Å². The van der Waals surface area contributed by atoms with E-state index in [1.165, 1.54) is 31.0 Å². The van der Waals surface area contributed by atoms with Crippen molar-refractivity contribution in [1.82, 2.24) is 0 Å². The van der Waals surface area contributed by atoms with Gasteiger partial charge < -0.3 is 9.84 Å². The lowest BCUT2D eigenvalue weighted by Gasteiger charge is -2.03. The summed E-state index contributed by atoms with van der Waals surface area (Å²) in [5.41, 5.74) is 0.271. The van der Waals surface area contributed by atoms with Crippen molar-refractivity contribution in [3.63, 3.8) is 0 Å². The number of halogens is 1. The van der Waals surface area contributed by atoms with Gasteiger partial charge >= 0.3 is 11.9 Å². The molecule has 1 N–H and O–H groups in total. The monoisotopic (exact) mass is 258 g/mol. The molecule has 0 bridgehead atoms. The Morgan fingerprint density at radius 1 is 1.47 bits per heavy atom. The van der Waals surface area contributed by atoms with Crippen molar-refractivity contribution in [1.29, 1.82) is 0 Å². The molecule has 0 aliphatic heterocycles. The number of carboxylic acids is 1. The maximum Gasteiger partial charge on any atom is 0.338 e. The largest absolute Gasteiger partial charge is 0.478 e. The molecule has 1 rings (SSSR count). The van der Waals surface area contributed by atoms with E-state index in [9.17, 15) is 14.0 Å². The van der Waals surface area contributed by atoms with Gasteiger partial charge in [0.2, 0.25) is 0 Å². The molecule has 0 fully saturated rings. The topological polar surface area (TPSA) is 63.6 Å². The molecule has 0 spiro atoms. The van der Waals surface area contributed by atoms with E-state index in [0.29, 0.717) is 11.3 Å². The van der Waals surface area contributed by atoms with Crippen LogP contribution in [0.2, 0.25) is 0 Å². The van der Waals surface area contributed by atoms with Gasteiger partial charge in [-0.3, -0.25) is 4.79 Å². The molecular formula is C11H11FO4S. The minimum absolute atomic E-state index is 0.179. The minimum Gasteiger partial charge on any atom is -0.478 e. The molecule has 4 nitrogen and oxygen atoms in total. The highest BCUT2D eigenvalue weighted by molar-refractivity contribution is 7.99. The van der Waals surface area contributed by atoms with Crippen LogP contribution in [0.3, 0.4) is 0 Å². The van der Waals surface area contributed by atoms with E-state index in [1.807, 2.05) is 0 Å². The number of esters is 1. The Morgan fingerprint density at radius 3 is 2.71 bits per heavy atom. The predicted molar refractivity (Wildman–Crippen MR) is 61.5 cm³/mol. The lowest BCUT2D eigenvalue weighted by molar-refractivity contribution is -0.137. The SMILES string of the molecule is COC(=O)CSCc1ccc(C(=O)O)c(F)c1. The summed E-state index contributed by atoms with van der Waals surface area (Å²) in [6.45, 7) is 0. The number of carbonyl (C=O) groups excluding carboxylic acids is 1. The molecule has 0 aliphatic rings. The number of methoxy groups -OCH3 is 1. The van der Waals surface area contributed by atoms with Crippen LogP contribution in [0.5, 0.6) is 0 Å². The Kier molecular flexibility index (Phi) is 4.96. The van der Waals surface area contributed by atoms with Gasteiger partial charge in [0.25, 0.3) is 0 Å². The standard InChI is InChI=1S/C11H11FO4S/c1-16-10(13)6-17-5-7-2-3-8(11(14)15)9(12)4-7/h2-4H,5-6H2,1H3,(H,14,15). The summed E-state index contributed by atoms with van der Waals surface area (Å²) in [6.07, 6.45) is 0. The maximum absolute atomic E-state index is 13.3. The molecule has 0 atom stereocenters. The van der Waals surface area contributed by atoms with E-state index in [2.05, 4.69) is 4.74 Å². The van der Waals surface area contributed by atoms with E-state index in [0.717, 1.165) is 6.07 Å². The van der Waals surface area contributed by atoms with Crippen molar-refractivity contribution < 1.29 is 23.8 Å². The van der Waals surface area contributed by atoms with Gasteiger partial charge in [-0.1, -0.05) is 6.07 Å². The molecule has 0 aliphatic carbocycles. The zero-order chi connectivity index (χ0) is 12.8. The molecule has 0 aromatic heterocycles. The smallest absolute Gasteiger partial charge is 0.338 e. The second-order valence-electron chi connectivity index (χ2n) is 3.19. The molecule has 0 saturated carbocycles. The number of benzene rings is 1.